The van der Waals surface area contributed by atoms with Crippen molar-refractivity contribution in [2.24, 2.45) is 0 Å². The summed E-state index contributed by atoms with van der Waals surface area (Å²) in [6.07, 6.45) is 0. The van der Waals surface area contributed by atoms with Crippen molar-refractivity contribution in [3.63, 3.8) is 0 Å². The minimum atomic E-state index is -3.81. The number of ether oxygens (including phenoxy) is 1. The van der Waals surface area contributed by atoms with E-state index in [-0.39, 0.29) is 34.6 Å². The van der Waals surface area contributed by atoms with Gasteiger partial charge in [-0.1, -0.05) is 41.4 Å². The van der Waals surface area contributed by atoms with Crippen LogP contribution >= 0.6 is 11.6 Å². The van der Waals surface area contributed by atoms with Crippen LogP contribution in [0.1, 0.15) is 18.1 Å². The van der Waals surface area contributed by atoms with Gasteiger partial charge >= 0.3 is 0 Å². The average molecular weight is 473 g/mol. The van der Waals surface area contributed by atoms with Gasteiger partial charge in [-0.15, -0.1) is 0 Å². The van der Waals surface area contributed by atoms with Gasteiger partial charge in [0.05, 0.1) is 23.7 Å². The van der Waals surface area contributed by atoms with E-state index in [0.29, 0.717) is 16.4 Å². The molecule has 0 saturated carbocycles. The lowest BCUT2D eigenvalue weighted by atomic mass is 10.2. The van der Waals surface area contributed by atoms with Crippen molar-refractivity contribution in [2.45, 2.75) is 30.6 Å². The monoisotopic (exact) mass is 472 g/mol. The van der Waals surface area contributed by atoms with Crippen molar-refractivity contribution in [2.75, 3.05) is 23.8 Å². The Morgan fingerprint density at radius 3 is 2.41 bits per heavy atom. The van der Waals surface area contributed by atoms with Gasteiger partial charge in [0.15, 0.2) is 5.75 Å². The highest BCUT2D eigenvalue weighted by Gasteiger charge is 2.24. The third kappa shape index (κ3) is 5.41. The lowest BCUT2D eigenvalue weighted by molar-refractivity contribution is -0.114. The van der Waals surface area contributed by atoms with Crippen molar-refractivity contribution in [3.05, 3.63) is 76.8 Å². The number of nitrogens with one attached hydrogen (secondary N) is 2. The van der Waals surface area contributed by atoms with Crippen LogP contribution in [-0.2, 0) is 14.6 Å². The van der Waals surface area contributed by atoms with E-state index in [9.17, 15) is 13.2 Å². The second-order valence-electron chi connectivity index (χ2n) is 7.25. The molecule has 0 atom stereocenters. The fraction of sp³-hybridized carbons (Fsp3) is 0.208. The van der Waals surface area contributed by atoms with Crippen LogP contribution in [0.25, 0.3) is 0 Å². The lowest BCUT2D eigenvalue weighted by Crippen LogP contribution is -2.22. The number of hydrogen-bond donors (Lipinski definition) is 2. The van der Waals surface area contributed by atoms with Crippen LogP contribution in [0.3, 0.4) is 0 Å². The molecule has 0 saturated heterocycles. The first kappa shape index (κ1) is 23.6. The van der Waals surface area contributed by atoms with Crippen LogP contribution in [0, 0.1) is 13.8 Å². The van der Waals surface area contributed by atoms with E-state index in [4.69, 9.17) is 16.3 Å². The summed E-state index contributed by atoms with van der Waals surface area (Å²) in [5, 5.41) is 6.30. The van der Waals surface area contributed by atoms with Crippen LogP contribution in [-0.4, -0.2) is 27.5 Å². The number of hydrogen-bond acceptors (Lipinski definition) is 5. The third-order valence-corrected chi connectivity index (χ3v) is 6.98. The van der Waals surface area contributed by atoms with Crippen LogP contribution in [0.5, 0.6) is 5.75 Å². The lowest BCUT2D eigenvalue weighted by Gasteiger charge is -2.17. The summed E-state index contributed by atoms with van der Waals surface area (Å²) in [5.41, 5.74) is 2.87. The number of para-hydroxylation sites is 1. The summed E-state index contributed by atoms with van der Waals surface area (Å²) in [7, 11) is -3.81. The number of halogens is 1. The zero-order valence-corrected chi connectivity index (χ0v) is 19.7. The van der Waals surface area contributed by atoms with Gasteiger partial charge in [0.1, 0.15) is 4.90 Å². The maximum atomic E-state index is 13.2. The summed E-state index contributed by atoms with van der Waals surface area (Å²) in [6, 6.07) is 16.7. The number of rotatable bonds is 8. The Labute approximate surface area is 193 Å². The van der Waals surface area contributed by atoms with Crippen molar-refractivity contribution in [3.8, 4) is 5.75 Å². The molecule has 0 aliphatic carbocycles. The topological polar surface area (TPSA) is 84.5 Å². The molecule has 6 nitrogen and oxygen atoms in total. The second kappa shape index (κ2) is 10.1. The highest BCUT2D eigenvalue weighted by molar-refractivity contribution is 7.91. The van der Waals surface area contributed by atoms with E-state index >= 15 is 0 Å². The van der Waals surface area contributed by atoms with E-state index in [0.717, 1.165) is 11.1 Å². The Morgan fingerprint density at radius 2 is 1.75 bits per heavy atom. The largest absolute Gasteiger partial charge is 0.490 e. The third-order valence-electron chi connectivity index (χ3n) is 4.78. The summed E-state index contributed by atoms with van der Waals surface area (Å²) in [6.45, 7) is 5.72. The van der Waals surface area contributed by atoms with Crippen LogP contribution < -0.4 is 15.4 Å². The van der Waals surface area contributed by atoms with Gasteiger partial charge < -0.3 is 15.4 Å². The molecule has 8 heteroatoms. The molecule has 168 valence electrons. The number of sulfone groups is 1. The maximum Gasteiger partial charge on any atom is 0.243 e. The molecular weight excluding hydrogens is 448 g/mol. The average Bonchev–Trinajstić information content (AvgIpc) is 2.76. The van der Waals surface area contributed by atoms with Crippen molar-refractivity contribution >= 4 is 38.7 Å². The molecule has 3 aromatic carbocycles. The van der Waals surface area contributed by atoms with E-state index in [1.54, 1.807) is 55.5 Å². The zero-order chi connectivity index (χ0) is 23.3. The smallest absolute Gasteiger partial charge is 0.243 e. The van der Waals surface area contributed by atoms with E-state index in [1.165, 1.54) is 6.07 Å². The first-order valence-electron chi connectivity index (χ1n) is 10.1. The fourth-order valence-electron chi connectivity index (χ4n) is 3.06. The Bertz CT molecular complexity index is 1230. The van der Waals surface area contributed by atoms with Gasteiger partial charge in [-0.3, -0.25) is 4.79 Å². The van der Waals surface area contributed by atoms with Crippen molar-refractivity contribution < 1.29 is 17.9 Å². The Kier molecular flexibility index (Phi) is 7.43. The number of benzene rings is 3. The molecule has 3 aromatic rings. The molecule has 0 bridgehead atoms. The number of amides is 1. The molecule has 0 heterocycles. The van der Waals surface area contributed by atoms with Gasteiger partial charge in [-0.05, 0) is 62.7 Å². The molecule has 0 fully saturated rings. The summed E-state index contributed by atoms with van der Waals surface area (Å²) in [5.74, 6) is -0.124. The molecule has 0 aliphatic rings. The molecule has 32 heavy (non-hydrogen) atoms. The number of carbonyl (C=O) groups is 1. The molecule has 2 N–H and O–H groups in total. The number of carbonyl (C=O) groups excluding carboxylic acids is 1. The van der Waals surface area contributed by atoms with Gasteiger partial charge in [-0.25, -0.2) is 8.42 Å². The highest BCUT2D eigenvalue weighted by atomic mass is 35.5. The highest BCUT2D eigenvalue weighted by Crippen LogP contribution is 2.36. The Morgan fingerprint density at radius 1 is 1.03 bits per heavy atom. The van der Waals surface area contributed by atoms with E-state index in [1.807, 2.05) is 19.9 Å². The predicted molar refractivity (Wildman–Crippen MR) is 128 cm³/mol. The molecule has 1 amide bonds. The molecule has 0 radical (unpaired) electrons. The quantitative estimate of drug-likeness (QED) is 0.468. The summed E-state index contributed by atoms with van der Waals surface area (Å²) < 4.78 is 32.2. The number of aryl methyl sites for hydroxylation is 2. The van der Waals surface area contributed by atoms with Crippen LogP contribution in [0.4, 0.5) is 11.4 Å². The molecule has 0 spiro atoms. The minimum Gasteiger partial charge on any atom is -0.490 e. The van der Waals surface area contributed by atoms with E-state index < -0.39 is 9.84 Å². The van der Waals surface area contributed by atoms with Gasteiger partial charge in [0.2, 0.25) is 15.7 Å². The minimum absolute atomic E-state index is 0.0407. The molecule has 0 unspecified atom stereocenters. The standard InChI is InChI=1S/C24H25ClN2O4S/c1-4-31-24-21(26-15-23(28)27-18-11-10-17(3)20(25)14-18)6-5-7-22(24)32(29,30)19-12-8-16(2)9-13-19/h5-14,26H,4,15H2,1-3H3,(H,27,28). The predicted octanol–water partition coefficient (Wildman–Crippen LogP) is 5.24. The molecule has 0 aromatic heterocycles. The summed E-state index contributed by atoms with van der Waals surface area (Å²) >= 11 is 6.10. The molecular formula is C24H25ClN2O4S. The van der Waals surface area contributed by atoms with Crippen molar-refractivity contribution in [1.82, 2.24) is 0 Å². The molecule has 0 aliphatic heterocycles. The summed E-state index contributed by atoms with van der Waals surface area (Å²) in [4.78, 5) is 12.6. The first-order valence-corrected chi connectivity index (χ1v) is 12.0. The first-order chi connectivity index (χ1) is 15.2. The van der Waals surface area contributed by atoms with Crippen LogP contribution in [0.15, 0.2) is 70.5 Å². The fourth-order valence-corrected chi connectivity index (χ4v) is 4.66. The second-order valence-corrected chi connectivity index (χ2v) is 9.57. The Balaban J connectivity index is 1.83. The van der Waals surface area contributed by atoms with Crippen molar-refractivity contribution in [1.29, 1.82) is 0 Å². The van der Waals surface area contributed by atoms with Gasteiger partial charge in [0, 0.05) is 10.7 Å². The van der Waals surface area contributed by atoms with Crippen LogP contribution in [0.2, 0.25) is 5.02 Å². The number of anilines is 2. The SMILES string of the molecule is CCOc1c(NCC(=O)Nc2ccc(C)c(Cl)c2)cccc1S(=O)(=O)c1ccc(C)cc1. The van der Waals surface area contributed by atoms with Gasteiger partial charge in [0.25, 0.3) is 0 Å². The zero-order valence-electron chi connectivity index (χ0n) is 18.1. The van der Waals surface area contributed by atoms with Gasteiger partial charge in [-0.2, -0.15) is 0 Å². The normalized spacial score (nSPS) is 11.1. The van der Waals surface area contributed by atoms with E-state index in [2.05, 4.69) is 10.6 Å². The maximum absolute atomic E-state index is 13.2. The molecule has 3 rings (SSSR count). The Hall–Kier alpha value is -3.03.